The van der Waals surface area contributed by atoms with Crippen LogP contribution in [0.5, 0.6) is 5.75 Å². The number of hydrogen-bond acceptors (Lipinski definition) is 6. The third-order valence-electron chi connectivity index (χ3n) is 5.74. The second-order valence-electron chi connectivity index (χ2n) is 8.41. The van der Waals surface area contributed by atoms with Crippen molar-refractivity contribution in [3.05, 3.63) is 77.6 Å². The van der Waals surface area contributed by atoms with Gasteiger partial charge in [-0.05, 0) is 69.3 Å². The van der Waals surface area contributed by atoms with Crippen LogP contribution in [0.15, 0.2) is 60.9 Å². The Labute approximate surface area is 201 Å². The minimum atomic E-state index is -0.479. The molecular formula is C26H23N5O4. The number of nitrogens with zero attached hydrogens (tertiary/aromatic N) is 4. The van der Waals surface area contributed by atoms with Gasteiger partial charge >= 0.3 is 0 Å². The van der Waals surface area contributed by atoms with E-state index in [0.717, 1.165) is 15.9 Å². The normalized spacial score (nSPS) is 13.0. The minimum absolute atomic E-state index is 0.161. The molecule has 0 fully saturated rings. The number of amides is 3. The average Bonchev–Trinajstić information content (AvgIpc) is 3.38. The Morgan fingerprint density at radius 1 is 1.00 bits per heavy atom. The van der Waals surface area contributed by atoms with Crippen LogP contribution in [0.3, 0.4) is 0 Å². The smallest absolute Gasteiger partial charge is 0.266 e. The number of fused-ring (bicyclic) bond motifs is 2. The van der Waals surface area contributed by atoms with Gasteiger partial charge in [0.2, 0.25) is 0 Å². The monoisotopic (exact) mass is 469 g/mol. The number of aromatic nitrogens is 3. The molecule has 0 atom stereocenters. The summed E-state index contributed by atoms with van der Waals surface area (Å²) in [6, 6.07) is 13.2. The standard InChI is InChI=1S/C26H23N5O4/c1-4-35-20-8-6-19(7-9-20)30-25(33)21-10-5-16(12-22(21)26(30)34)24(32)29-18-11-17-13-28-31(15(2)3)23(17)27-14-18/h5-15H,4H2,1-3H3,(H,29,32). The van der Waals surface area contributed by atoms with Gasteiger partial charge < -0.3 is 10.1 Å². The number of imide groups is 1. The molecule has 0 aliphatic carbocycles. The molecule has 2 aromatic carbocycles. The molecule has 3 amide bonds. The van der Waals surface area contributed by atoms with Gasteiger partial charge in [0, 0.05) is 17.0 Å². The summed E-state index contributed by atoms with van der Waals surface area (Å²) >= 11 is 0. The molecule has 0 saturated heterocycles. The lowest BCUT2D eigenvalue weighted by molar-refractivity contribution is 0.0925. The number of rotatable bonds is 6. The summed E-state index contributed by atoms with van der Waals surface area (Å²) in [6.07, 6.45) is 3.27. The van der Waals surface area contributed by atoms with Crippen LogP contribution in [0.4, 0.5) is 11.4 Å². The SMILES string of the molecule is CCOc1ccc(N2C(=O)c3ccc(C(=O)Nc4cnc5c(cnn5C(C)C)c4)cc3C2=O)cc1. The van der Waals surface area contributed by atoms with Crippen LogP contribution in [0.1, 0.15) is 57.9 Å². The second-order valence-corrected chi connectivity index (χ2v) is 8.41. The maximum Gasteiger partial charge on any atom is 0.266 e. The summed E-state index contributed by atoms with van der Waals surface area (Å²) in [5.41, 5.74) is 2.37. The molecule has 9 nitrogen and oxygen atoms in total. The predicted octanol–water partition coefficient (Wildman–Crippen LogP) is 4.46. The highest BCUT2D eigenvalue weighted by Gasteiger charge is 2.37. The molecule has 3 heterocycles. The molecule has 0 bridgehead atoms. The molecule has 176 valence electrons. The van der Waals surface area contributed by atoms with E-state index in [9.17, 15) is 14.4 Å². The Morgan fingerprint density at radius 2 is 1.74 bits per heavy atom. The van der Waals surface area contributed by atoms with Crippen LogP contribution in [-0.2, 0) is 0 Å². The molecule has 1 aliphatic rings. The van der Waals surface area contributed by atoms with Gasteiger partial charge in [-0.2, -0.15) is 5.10 Å². The van der Waals surface area contributed by atoms with E-state index in [-0.39, 0.29) is 22.7 Å². The quantitative estimate of drug-likeness (QED) is 0.418. The van der Waals surface area contributed by atoms with Crippen LogP contribution < -0.4 is 15.0 Å². The molecule has 9 heteroatoms. The predicted molar refractivity (Wildman–Crippen MR) is 131 cm³/mol. The van der Waals surface area contributed by atoms with Crippen molar-refractivity contribution in [1.29, 1.82) is 0 Å². The Hall–Kier alpha value is -4.53. The first-order valence-corrected chi connectivity index (χ1v) is 11.3. The summed E-state index contributed by atoms with van der Waals surface area (Å²) in [7, 11) is 0. The third-order valence-corrected chi connectivity index (χ3v) is 5.74. The minimum Gasteiger partial charge on any atom is -0.494 e. The number of hydrogen-bond donors (Lipinski definition) is 1. The molecule has 2 aromatic heterocycles. The molecule has 1 aliphatic heterocycles. The van der Waals surface area contributed by atoms with Crippen LogP contribution in [-0.4, -0.2) is 39.1 Å². The first-order chi connectivity index (χ1) is 16.9. The van der Waals surface area contributed by atoms with E-state index in [1.807, 2.05) is 20.8 Å². The number of benzene rings is 2. The second kappa shape index (κ2) is 8.68. The summed E-state index contributed by atoms with van der Waals surface area (Å²) in [5.74, 6) is -0.674. The molecule has 35 heavy (non-hydrogen) atoms. The maximum atomic E-state index is 13.1. The van der Waals surface area contributed by atoms with Crippen molar-refractivity contribution in [3.63, 3.8) is 0 Å². The average molecular weight is 470 g/mol. The Kier molecular flexibility index (Phi) is 5.52. The molecule has 1 N–H and O–H groups in total. The first-order valence-electron chi connectivity index (χ1n) is 11.3. The summed E-state index contributed by atoms with van der Waals surface area (Å²) in [5, 5.41) is 7.94. The Balaban J connectivity index is 1.37. The number of anilines is 2. The summed E-state index contributed by atoms with van der Waals surface area (Å²) in [6.45, 7) is 6.42. The third kappa shape index (κ3) is 3.90. The lowest BCUT2D eigenvalue weighted by Crippen LogP contribution is -2.29. The fourth-order valence-corrected chi connectivity index (χ4v) is 4.06. The fourth-order valence-electron chi connectivity index (χ4n) is 4.06. The first kappa shape index (κ1) is 22.3. The van der Waals surface area contributed by atoms with Crippen molar-refractivity contribution in [1.82, 2.24) is 14.8 Å². The van der Waals surface area contributed by atoms with Crippen molar-refractivity contribution in [2.24, 2.45) is 0 Å². The van der Waals surface area contributed by atoms with Gasteiger partial charge in [-0.1, -0.05) is 0 Å². The van der Waals surface area contributed by atoms with Gasteiger partial charge in [0.1, 0.15) is 5.75 Å². The fraction of sp³-hybridized carbons (Fsp3) is 0.192. The number of nitrogens with one attached hydrogen (secondary N) is 1. The lowest BCUT2D eigenvalue weighted by Gasteiger charge is -2.14. The van der Waals surface area contributed by atoms with Gasteiger partial charge in [-0.15, -0.1) is 0 Å². The van der Waals surface area contributed by atoms with E-state index in [2.05, 4.69) is 15.4 Å². The van der Waals surface area contributed by atoms with E-state index in [1.165, 1.54) is 18.2 Å². The van der Waals surface area contributed by atoms with Gasteiger partial charge in [0.05, 0.1) is 41.5 Å². The largest absolute Gasteiger partial charge is 0.494 e. The lowest BCUT2D eigenvalue weighted by atomic mass is 10.1. The molecular weight excluding hydrogens is 446 g/mol. The van der Waals surface area contributed by atoms with Crippen LogP contribution in [0.2, 0.25) is 0 Å². The zero-order valence-corrected chi connectivity index (χ0v) is 19.5. The number of pyridine rings is 1. The van der Waals surface area contributed by atoms with Crippen molar-refractivity contribution >= 4 is 40.1 Å². The molecule has 0 radical (unpaired) electrons. The number of carbonyl (C=O) groups excluding carboxylic acids is 3. The Morgan fingerprint density at radius 3 is 2.46 bits per heavy atom. The molecule has 0 unspecified atom stereocenters. The van der Waals surface area contributed by atoms with Crippen molar-refractivity contribution in [2.75, 3.05) is 16.8 Å². The van der Waals surface area contributed by atoms with E-state index < -0.39 is 17.7 Å². The van der Waals surface area contributed by atoms with Crippen LogP contribution >= 0.6 is 0 Å². The molecule has 4 aromatic rings. The van der Waals surface area contributed by atoms with E-state index in [1.54, 1.807) is 47.4 Å². The highest BCUT2D eigenvalue weighted by molar-refractivity contribution is 6.34. The van der Waals surface area contributed by atoms with Crippen molar-refractivity contribution in [3.8, 4) is 5.75 Å². The Bertz CT molecular complexity index is 1470. The van der Waals surface area contributed by atoms with E-state index in [4.69, 9.17) is 4.74 Å². The van der Waals surface area contributed by atoms with Crippen molar-refractivity contribution in [2.45, 2.75) is 26.8 Å². The zero-order valence-electron chi connectivity index (χ0n) is 19.5. The summed E-state index contributed by atoms with van der Waals surface area (Å²) < 4.78 is 7.23. The molecule has 0 saturated carbocycles. The number of ether oxygens (including phenoxy) is 1. The maximum absolute atomic E-state index is 13.1. The van der Waals surface area contributed by atoms with Crippen LogP contribution in [0.25, 0.3) is 11.0 Å². The highest BCUT2D eigenvalue weighted by atomic mass is 16.5. The molecule has 0 spiro atoms. The zero-order chi connectivity index (χ0) is 24.7. The van der Waals surface area contributed by atoms with Gasteiger partial charge in [0.15, 0.2) is 5.65 Å². The van der Waals surface area contributed by atoms with Crippen molar-refractivity contribution < 1.29 is 19.1 Å². The molecule has 5 rings (SSSR count). The van der Waals surface area contributed by atoms with Crippen LogP contribution in [0, 0.1) is 0 Å². The van der Waals surface area contributed by atoms with Gasteiger partial charge in [-0.25, -0.2) is 14.6 Å². The number of carbonyl (C=O) groups is 3. The topological polar surface area (TPSA) is 106 Å². The van der Waals surface area contributed by atoms with E-state index in [0.29, 0.717) is 23.7 Å². The summed E-state index contributed by atoms with van der Waals surface area (Å²) in [4.78, 5) is 44.4. The van der Waals surface area contributed by atoms with Gasteiger partial charge in [-0.3, -0.25) is 14.4 Å². The van der Waals surface area contributed by atoms with E-state index >= 15 is 0 Å². The van der Waals surface area contributed by atoms with Gasteiger partial charge in [0.25, 0.3) is 17.7 Å². The highest BCUT2D eigenvalue weighted by Crippen LogP contribution is 2.30.